The molecule has 7 nitrogen and oxygen atoms in total. The van der Waals surface area contributed by atoms with Gasteiger partial charge in [-0.1, -0.05) is 36.0 Å². The molecule has 3 aromatic rings. The van der Waals surface area contributed by atoms with E-state index in [0.717, 1.165) is 29.9 Å². The number of nitrogens with one attached hydrogen (secondary N) is 1. The van der Waals surface area contributed by atoms with Gasteiger partial charge in [0.1, 0.15) is 5.82 Å². The molecule has 1 saturated carbocycles. The lowest BCUT2D eigenvalue weighted by molar-refractivity contribution is -0.118. The third kappa shape index (κ3) is 5.38. The minimum Gasteiger partial charge on any atom is -0.493 e. The van der Waals surface area contributed by atoms with Crippen molar-refractivity contribution in [1.29, 1.82) is 0 Å². The lowest BCUT2D eigenvalue weighted by Crippen LogP contribution is -2.27. The maximum absolute atomic E-state index is 12.3. The van der Waals surface area contributed by atoms with Gasteiger partial charge in [-0.3, -0.25) is 4.79 Å². The average Bonchev–Trinajstić information content (AvgIpc) is 3.57. The number of para-hydroxylation sites is 1. The van der Waals surface area contributed by atoms with Gasteiger partial charge >= 0.3 is 0 Å². The van der Waals surface area contributed by atoms with E-state index in [-0.39, 0.29) is 11.7 Å². The van der Waals surface area contributed by atoms with Crippen LogP contribution in [-0.4, -0.2) is 47.2 Å². The van der Waals surface area contributed by atoms with Crippen LogP contribution >= 0.6 is 11.8 Å². The number of hydrogen-bond donors (Lipinski definition) is 1. The zero-order chi connectivity index (χ0) is 21.6. The molecule has 4 rings (SSSR count). The van der Waals surface area contributed by atoms with Crippen LogP contribution in [0.2, 0.25) is 0 Å². The smallest absolute Gasteiger partial charge is 0.230 e. The predicted octanol–water partition coefficient (Wildman–Crippen LogP) is 3.61. The molecular formula is C23H26N4O3S. The van der Waals surface area contributed by atoms with Gasteiger partial charge in [-0.2, -0.15) is 0 Å². The summed E-state index contributed by atoms with van der Waals surface area (Å²) < 4.78 is 12.5. The van der Waals surface area contributed by atoms with Crippen molar-refractivity contribution in [3.8, 4) is 17.2 Å². The fourth-order valence-corrected chi connectivity index (χ4v) is 3.95. The van der Waals surface area contributed by atoms with Crippen LogP contribution in [0.15, 0.2) is 53.7 Å². The highest BCUT2D eigenvalue weighted by molar-refractivity contribution is 7.99. The van der Waals surface area contributed by atoms with Gasteiger partial charge in [-0.25, -0.2) is 9.67 Å². The van der Waals surface area contributed by atoms with Gasteiger partial charge in [0.2, 0.25) is 11.1 Å². The molecule has 1 aliphatic carbocycles. The second-order valence-electron chi connectivity index (χ2n) is 7.35. The number of rotatable bonds is 10. The van der Waals surface area contributed by atoms with E-state index in [9.17, 15) is 4.79 Å². The van der Waals surface area contributed by atoms with Crippen molar-refractivity contribution in [2.24, 2.45) is 0 Å². The molecular weight excluding hydrogens is 412 g/mol. The fraction of sp³-hybridized carbons (Fsp3) is 0.348. The van der Waals surface area contributed by atoms with Crippen molar-refractivity contribution in [3.63, 3.8) is 0 Å². The highest BCUT2D eigenvalue weighted by Crippen LogP contribution is 2.40. The molecule has 31 heavy (non-hydrogen) atoms. The van der Waals surface area contributed by atoms with Crippen LogP contribution in [0.25, 0.3) is 5.69 Å². The van der Waals surface area contributed by atoms with Crippen LogP contribution in [-0.2, 0) is 11.2 Å². The Hall–Kier alpha value is -3.00. The Morgan fingerprint density at radius 2 is 1.90 bits per heavy atom. The van der Waals surface area contributed by atoms with Gasteiger partial charge in [0.25, 0.3) is 0 Å². The fourth-order valence-electron chi connectivity index (χ4n) is 3.29. The van der Waals surface area contributed by atoms with Crippen molar-refractivity contribution in [3.05, 3.63) is 59.9 Å². The standard InChI is InChI=1S/C23H26N4O3S/c1-29-19-11-8-16(14-20(19)30-2)12-13-24-21(28)15-31-23-25-22(17-9-10-17)27(26-23)18-6-4-3-5-7-18/h3-8,11,14,17H,9-10,12-13,15H2,1-2H3,(H,24,28). The summed E-state index contributed by atoms with van der Waals surface area (Å²) in [6, 6.07) is 15.8. The summed E-state index contributed by atoms with van der Waals surface area (Å²) in [6.07, 6.45) is 3.00. The maximum Gasteiger partial charge on any atom is 0.230 e. The largest absolute Gasteiger partial charge is 0.493 e. The lowest BCUT2D eigenvalue weighted by Gasteiger charge is -2.10. The Kier molecular flexibility index (Phi) is 6.76. The monoisotopic (exact) mass is 438 g/mol. The van der Waals surface area contributed by atoms with E-state index in [1.165, 1.54) is 11.8 Å². The lowest BCUT2D eigenvalue weighted by atomic mass is 10.1. The minimum atomic E-state index is -0.0329. The number of aromatic nitrogens is 3. The molecule has 1 N–H and O–H groups in total. The normalized spacial score (nSPS) is 13.1. The number of ether oxygens (including phenoxy) is 2. The number of methoxy groups -OCH3 is 2. The van der Waals surface area contributed by atoms with E-state index in [1.807, 2.05) is 53.2 Å². The Morgan fingerprint density at radius 3 is 2.61 bits per heavy atom. The van der Waals surface area contributed by atoms with Crippen LogP contribution in [0, 0.1) is 0 Å². The van der Waals surface area contributed by atoms with E-state index < -0.39 is 0 Å². The van der Waals surface area contributed by atoms with Gasteiger partial charge < -0.3 is 14.8 Å². The first-order chi connectivity index (χ1) is 15.2. The Labute approximate surface area is 186 Å². The van der Waals surface area contributed by atoms with E-state index in [2.05, 4.69) is 10.4 Å². The first-order valence-corrected chi connectivity index (χ1v) is 11.3. The topological polar surface area (TPSA) is 78.3 Å². The molecule has 8 heteroatoms. The molecule has 1 fully saturated rings. The van der Waals surface area contributed by atoms with Crippen LogP contribution in [0.3, 0.4) is 0 Å². The Balaban J connectivity index is 1.29. The van der Waals surface area contributed by atoms with Crippen LogP contribution in [0.4, 0.5) is 0 Å². The SMILES string of the molecule is COc1ccc(CCNC(=O)CSc2nc(C3CC3)n(-c3ccccc3)n2)cc1OC. The Bertz CT molecular complexity index is 1030. The average molecular weight is 439 g/mol. The van der Waals surface area contributed by atoms with Crippen LogP contribution < -0.4 is 14.8 Å². The van der Waals surface area contributed by atoms with Crippen molar-refractivity contribution < 1.29 is 14.3 Å². The summed E-state index contributed by atoms with van der Waals surface area (Å²) in [5, 5.41) is 8.24. The second-order valence-corrected chi connectivity index (χ2v) is 8.29. The summed E-state index contributed by atoms with van der Waals surface area (Å²) in [4.78, 5) is 17.0. The quantitative estimate of drug-likeness (QED) is 0.487. The summed E-state index contributed by atoms with van der Waals surface area (Å²) in [6.45, 7) is 0.550. The number of benzene rings is 2. The molecule has 162 valence electrons. The molecule has 0 bridgehead atoms. The molecule has 0 aliphatic heterocycles. The minimum absolute atomic E-state index is 0.0329. The molecule has 1 amide bonds. The molecule has 1 heterocycles. The molecule has 2 aromatic carbocycles. The van der Waals surface area contributed by atoms with Gasteiger partial charge in [0.05, 0.1) is 25.7 Å². The number of thioether (sulfide) groups is 1. The predicted molar refractivity (Wildman–Crippen MR) is 120 cm³/mol. The first kappa shape index (κ1) is 21.2. The number of carbonyl (C=O) groups excluding carboxylic acids is 1. The first-order valence-electron chi connectivity index (χ1n) is 10.3. The number of amides is 1. The number of hydrogen-bond acceptors (Lipinski definition) is 6. The third-order valence-electron chi connectivity index (χ3n) is 5.07. The molecule has 0 spiro atoms. The number of carbonyl (C=O) groups is 1. The molecule has 0 unspecified atom stereocenters. The molecule has 1 aromatic heterocycles. The zero-order valence-electron chi connectivity index (χ0n) is 17.7. The maximum atomic E-state index is 12.3. The van der Waals surface area contributed by atoms with Gasteiger partial charge in [0, 0.05) is 12.5 Å². The molecule has 0 saturated heterocycles. The van der Waals surface area contributed by atoms with Crippen LogP contribution in [0.5, 0.6) is 11.5 Å². The highest BCUT2D eigenvalue weighted by atomic mass is 32.2. The molecule has 0 radical (unpaired) electrons. The van der Waals surface area contributed by atoms with Crippen molar-refractivity contribution in [1.82, 2.24) is 20.1 Å². The number of nitrogens with zero attached hydrogens (tertiary/aromatic N) is 3. The molecule has 0 atom stereocenters. The Morgan fingerprint density at radius 1 is 1.13 bits per heavy atom. The van der Waals surface area contributed by atoms with Crippen molar-refractivity contribution >= 4 is 17.7 Å². The van der Waals surface area contributed by atoms with Gasteiger partial charge in [-0.05, 0) is 49.1 Å². The van der Waals surface area contributed by atoms with E-state index in [4.69, 9.17) is 14.5 Å². The second kappa shape index (κ2) is 9.87. The van der Waals surface area contributed by atoms with Gasteiger partial charge in [-0.15, -0.1) is 5.10 Å². The highest BCUT2D eigenvalue weighted by Gasteiger charge is 2.30. The van der Waals surface area contributed by atoms with Crippen molar-refractivity contribution in [2.45, 2.75) is 30.3 Å². The zero-order valence-corrected chi connectivity index (χ0v) is 18.5. The summed E-state index contributed by atoms with van der Waals surface area (Å²) >= 11 is 1.37. The summed E-state index contributed by atoms with van der Waals surface area (Å²) in [5.41, 5.74) is 2.08. The molecule has 1 aliphatic rings. The third-order valence-corrected chi connectivity index (χ3v) is 5.91. The van der Waals surface area contributed by atoms with E-state index >= 15 is 0 Å². The van der Waals surface area contributed by atoms with Crippen molar-refractivity contribution in [2.75, 3.05) is 26.5 Å². The van der Waals surface area contributed by atoms with E-state index in [1.54, 1.807) is 14.2 Å². The summed E-state index contributed by atoms with van der Waals surface area (Å²) in [7, 11) is 3.23. The van der Waals surface area contributed by atoms with Gasteiger partial charge in [0.15, 0.2) is 11.5 Å². The summed E-state index contributed by atoms with van der Waals surface area (Å²) in [5.74, 6) is 3.09. The van der Waals surface area contributed by atoms with E-state index in [0.29, 0.717) is 35.5 Å². The van der Waals surface area contributed by atoms with Crippen LogP contribution in [0.1, 0.15) is 30.1 Å².